The second-order valence-electron chi connectivity index (χ2n) is 6.90. The summed E-state index contributed by atoms with van der Waals surface area (Å²) in [6.07, 6.45) is 7.73. The van der Waals surface area contributed by atoms with Gasteiger partial charge in [0.25, 0.3) is 0 Å². The predicted octanol–water partition coefficient (Wildman–Crippen LogP) is 2.19. The van der Waals surface area contributed by atoms with Gasteiger partial charge in [-0.3, -0.25) is 4.98 Å². The fourth-order valence-corrected chi connectivity index (χ4v) is 3.60. The summed E-state index contributed by atoms with van der Waals surface area (Å²) in [6.45, 7) is 10.0. The normalized spacial score (nSPS) is 16.7. The Kier molecular flexibility index (Phi) is 5.74. The van der Waals surface area contributed by atoms with Crippen molar-refractivity contribution in [1.82, 2.24) is 10.3 Å². The first kappa shape index (κ1) is 18.2. The Hall–Kier alpha value is -2.59. The van der Waals surface area contributed by atoms with Crippen LogP contribution in [0.1, 0.15) is 24.2 Å². The second kappa shape index (κ2) is 8.19. The third-order valence-corrected chi connectivity index (χ3v) is 4.79. The fraction of sp³-hybridized carbons (Fsp3) is 0.318. The number of benzene rings is 1. The monoisotopic (exact) mass is 348 g/mol. The summed E-state index contributed by atoms with van der Waals surface area (Å²) < 4.78 is 0. The molecule has 0 aliphatic carbocycles. The number of hydrogen-bond donors (Lipinski definition) is 3. The number of piperidine rings is 1. The van der Waals surface area contributed by atoms with E-state index in [1.165, 1.54) is 5.56 Å². The highest BCUT2D eigenvalue weighted by Crippen LogP contribution is 2.22. The average molecular weight is 348 g/mol. The summed E-state index contributed by atoms with van der Waals surface area (Å²) in [6, 6.07) is 9.08. The van der Waals surface area contributed by atoms with Crippen molar-refractivity contribution < 1.29 is 0 Å². The van der Waals surface area contributed by atoms with Crippen molar-refractivity contribution in [3.63, 3.8) is 0 Å². The number of aryl methyl sites for hydroxylation is 2. The van der Waals surface area contributed by atoms with Crippen LogP contribution in [-0.2, 0) is 0 Å². The topological polar surface area (TPSA) is 63.0 Å². The molecule has 4 heteroatoms. The van der Waals surface area contributed by atoms with Gasteiger partial charge in [0, 0.05) is 34.5 Å². The lowest BCUT2D eigenvalue weighted by atomic mass is 10.00. The Morgan fingerprint density at radius 2 is 1.77 bits per heavy atom. The fourth-order valence-electron chi connectivity index (χ4n) is 3.60. The molecule has 4 nitrogen and oxygen atoms in total. The van der Waals surface area contributed by atoms with Crippen LogP contribution < -0.4 is 26.8 Å². The zero-order valence-electron chi connectivity index (χ0n) is 15.7. The maximum Gasteiger partial charge on any atom is 0.0442 e. The zero-order chi connectivity index (χ0) is 18.5. The van der Waals surface area contributed by atoms with E-state index in [0.717, 1.165) is 59.0 Å². The zero-order valence-corrected chi connectivity index (χ0v) is 15.7. The van der Waals surface area contributed by atoms with E-state index in [4.69, 9.17) is 5.73 Å². The molecule has 136 valence electrons. The van der Waals surface area contributed by atoms with Crippen LogP contribution in [0.15, 0.2) is 36.9 Å². The predicted molar refractivity (Wildman–Crippen MR) is 111 cm³/mol. The first-order chi connectivity index (χ1) is 12.6. The van der Waals surface area contributed by atoms with Gasteiger partial charge in [0.1, 0.15) is 0 Å². The number of anilines is 1. The summed E-state index contributed by atoms with van der Waals surface area (Å²) in [4.78, 5) is 4.50. The van der Waals surface area contributed by atoms with E-state index >= 15 is 0 Å². The molecular weight excluding hydrogens is 320 g/mol. The number of allylic oxidation sites excluding steroid dienone is 1. The van der Waals surface area contributed by atoms with E-state index in [9.17, 15) is 0 Å². The second-order valence-corrected chi connectivity index (χ2v) is 6.90. The molecule has 0 bridgehead atoms. The molecule has 0 unspecified atom stereocenters. The van der Waals surface area contributed by atoms with Gasteiger partial charge in [-0.25, -0.2) is 0 Å². The molecule has 0 radical (unpaired) electrons. The van der Waals surface area contributed by atoms with Gasteiger partial charge in [0.2, 0.25) is 0 Å². The lowest BCUT2D eigenvalue weighted by Gasteiger charge is -2.25. The van der Waals surface area contributed by atoms with Crippen LogP contribution in [0.5, 0.6) is 0 Å². The molecule has 0 atom stereocenters. The molecule has 0 spiro atoms. The van der Waals surface area contributed by atoms with Gasteiger partial charge in [-0.1, -0.05) is 18.7 Å². The van der Waals surface area contributed by atoms with Crippen molar-refractivity contribution in [2.75, 3.05) is 18.4 Å². The molecule has 1 aliphatic rings. The number of hydrogen-bond acceptors (Lipinski definition) is 4. The molecule has 2 aromatic rings. The number of nitrogens with two attached hydrogens (primary N) is 1. The van der Waals surface area contributed by atoms with Gasteiger partial charge in [-0.05, 0) is 80.4 Å². The van der Waals surface area contributed by atoms with Gasteiger partial charge in [0.05, 0.1) is 0 Å². The highest BCUT2D eigenvalue weighted by molar-refractivity contribution is 5.70. The molecule has 0 amide bonds. The van der Waals surface area contributed by atoms with Crippen molar-refractivity contribution in [2.45, 2.75) is 32.7 Å². The quantitative estimate of drug-likeness (QED) is 0.793. The largest absolute Gasteiger partial charge is 0.404 e. The Bertz CT molecular complexity index is 888. The summed E-state index contributed by atoms with van der Waals surface area (Å²) in [5.74, 6) is 0. The first-order valence-corrected chi connectivity index (χ1v) is 9.22. The van der Waals surface area contributed by atoms with Crippen molar-refractivity contribution in [2.24, 2.45) is 5.73 Å². The molecule has 26 heavy (non-hydrogen) atoms. The van der Waals surface area contributed by atoms with Crippen LogP contribution in [-0.4, -0.2) is 24.1 Å². The molecular formula is C22H28N4. The van der Waals surface area contributed by atoms with E-state index in [2.05, 4.69) is 46.5 Å². The minimum atomic E-state index is 0.461. The average Bonchev–Trinajstić information content (AvgIpc) is 2.62. The molecule has 0 saturated carbocycles. The van der Waals surface area contributed by atoms with Gasteiger partial charge in [0.15, 0.2) is 0 Å². The van der Waals surface area contributed by atoms with Crippen LogP contribution in [0.4, 0.5) is 5.69 Å². The van der Waals surface area contributed by atoms with Crippen LogP contribution in [0.3, 0.4) is 0 Å². The SMILES string of the molecule is C=C/C=c1/cc(-c2cc(C)nc(C)c2)cc(NC2CCNCC2)/c1=C/N. The summed E-state index contributed by atoms with van der Waals surface area (Å²) >= 11 is 0. The molecule has 3 rings (SSSR count). The number of aromatic nitrogens is 1. The standard InChI is InChI=1S/C22H28N4/c1-4-5-17-12-19(18-10-15(2)25-16(3)11-18)13-22(21(17)14-23)26-20-6-8-24-9-7-20/h4-5,10-14,20,24,26H,1,6-9,23H2,2-3H3/b17-5-,21-14+. The minimum absolute atomic E-state index is 0.461. The molecule has 1 aliphatic heterocycles. The smallest absolute Gasteiger partial charge is 0.0442 e. The van der Waals surface area contributed by atoms with Gasteiger partial charge >= 0.3 is 0 Å². The van der Waals surface area contributed by atoms with Crippen molar-refractivity contribution in [3.05, 3.63) is 58.7 Å². The van der Waals surface area contributed by atoms with E-state index < -0.39 is 0 Å². The van der Waals surface area contributed by atoms with Crippen LogP contribution in [0, 0.1) is 13.8 Å². The van der Waals surface area contributed by atoms with Crippen molar-refractivity contribution in [1.29, 1.82) is 0 Å². The van der Waals surface area contributed by atoms with Crippen molar-refractivity contribution in [3.8, 4) is 11.1 Å². The molecule has 1 fully saturated rings. The van der Waals surface area contributed by atoms with Gasteiger partial charge in [-0.2, -0.15) is 0 Å². The van der Waals surface area contributed by atoms with Crippen LogP contribution in [0.2, 0.25) is 0 Å². The Morgan fingerprint density at radius 1 is 1.12 bits per heavy atom. The number of nitrogens with one attached hydrogen (secondary N) is 2. The van der Waals surface area contributed by atoms with E-state index in [-0.39, 0.29) is 0 Å². The number of nitrogens with zero attached hydrogens (tertiary/aromatic N) is 1. The lowest BCUT2D eigenvalue weighted by molar-refractivity contribution is 0.479. The Labute approximate surface area is 155 Å². The minimum Gasteiger partial charge on any atom is -0.404 e. The third-order valence-electron chi connectivity index (χ3n) is 4.79. The summed E-state index contributed by atoms with van der Waals surface area (Å²) in [5.41, 5.74) is 11.4. The van der Waals surface area contributed by atoms with Crippen LogP contribution >= 0.6 is 0 Å². The first-order valence-electron chi connectivity index (χ1n) is 9.22. The third kappa shape index (κ3) is 4.14. The van der Waals surface area contributed by atoms with Crippen molar-refractivity contribution >= 4 is 18.0 Å². The molecule has 1 saturated heterocycles. The highest BCUT2D eigenvalue weighted by Gasteiger charge is 2.14. The maximum atomic E-state index is 5.98. The Balaban J connectivity index is 2.13. The number of rotatable bonds is 4. The highest BCUT2D eigenvalue weighted by atomic mass is 15.0. The van der Waals surface area contributed by atoms with E-state index in [0.29, 0.717) is 6.04 Å². The molecule has 1 aromatic heterocycles. The van der Waals surface area contributed by atoms with Gasteiger partial charge in [-0.15, -0.1) is 0 Å². The van der Waals surface area contributed by atoms with E-state index in [1.807, 2.05) is 26.0 Å². The summed E-state index contributed by atoms with van der Waals surface area (Å²) in [7, 11) is 0. The molecule has 4 N–H and O–H groups in total. The lowest BCUT2D eigenvalue weighted by Crippen LogP contribution is -2.38. The van der Waals surface area contributed by atoms with Gasteiger partial charge < -0.3 is 16.4 Å². The molecule has 2 heterocycles. The maximum absolute atomic E-state index is 5.98. The number of pyridine rings is 1. The van der Waals surface area contributed by atoms with E-state index in [1.54, 1.807) is 6.20 Å². The molecule has 1 aromatic carbocycles. The summed E-state index contributed by atoms with van der Waals surface area (Å²) in [5, 5.41) is 9.22. The van der Waals surface area contributed by atoms with Crippen LogP contribution in [0.25, 0.3) is 23.4 Å². The Morgan fingerprint density at radius 3 is 2.38 bits per heavy atom.